The second-order valence-electron chi connectivity index (χ2n) is 12.9. The van der Waals surface area contributed by atoms with Crippen molar-refractivity contribution in [3.63, 3.8) is 0 Å². The predicted octanol–water partition coefficient (Wildman–Crippen LogP) is 7.43. The molecule has 3 atom stereocenters. The van der Waals surface area contributed by atoms with E-state index in [1.165, 1.54) is 53.7 Å². The lowest BCUT2D eigenvalue weighted by molar-refractivity contribution is 0.0641. The Labute approximate surface area is 224 Å². The molecule has 1 aliphatic heterocycles. The first kappa shape index (κ1) is 25.0. The average molecular weight is 514 g/mol. The summed E-state index contributed by atoms with van der Waals surface area (Å²) in [6.45, 7) is 18.2. The van der Waals surface area contributed by atoms with Gasteiger partial charge in [-0.15, -0.1) is 0 Å². The highest BCUT2D eigenvalue weighted by molar-refractivity contribution is 6.79. The van der Waals surface area contributed by atoms with Crippen LogP contribution in [0.25, 0.3) is 11.3 Å². The standard InChI is InChI=1S/C33H43NO2Si/c1-22-11-10-16-33(2)25(22)15-14-24-26(33)21-27(35-3)30-29(24)32(37(4,5)6)28(23-12-8-7-9-13-23)31(30)34-17-19-36-20-18-34/h7-9,12-13,21,25,32H,1,10-11,14-20H2,2-6H3/t25-,32?,33-/m0/s1. The molecule has 2 aromatic carbocycles. The summed E-state index contributed by atoms with van der Waals surface area (Å²) < 4.78 is 12.2. The number of nitrogens with zero attached hydrogens (tertiary/aromatic N) is 1. The van der Waals surface area contributed by atoms with Gasteiger partial charge < -0.3 is 14.4 Å². The molecule has 1 heterocycles. The third-order valence-electron chi connectivity index (χ3n) is 9.76. The lowest BCUT2D eigenvalue weighted by Crippen LogP contribution is -2.41. The summed E-state index contributed by atoms with van der Waals surface area (Å²) in [7, 11) is 0.189. The van der Waals surface area contributed by atoms with E-state index in [1.54, 1.807) is 16.7 Å². The number of methoxy groups -OCH3 is 1. The van der Waals surface area contributed by atoms with Crippen molar-refractivity contribution >= 4 is 19.3 Å². The zero-order valence-electron chi connectivity index (χ0n) is 23.5. The molecule has 1 unspecified atom stereocenters. The van der Waals surface area contributed by atoms with Crippen molar-refractivity contribution in [2.75, 3.05) is 33.4 Å². The molecule has 3 nitrogen and oxygen atoms in total. The predicted molar refractivity (Wildman–Crippen MR) is 157 cm³/mol. The Bertz CT molecular complexity index is 1250. The minimum Gasteiger partial charge on any atom is -0.496 e. The zero-order chi connectivity index (χ0) is 25.9. The van der Waals surface area contributed by atoms with Crippen molar-refractivity contribution in [2.45, 2.75) is 69.6 Å². The Hall–Kier alpha value is -2.30. The van der Waals surface area contributed by atoms with Gasteiger partial charge >= 0.3 is 0 Å². The lowest BCUT2D eigenvalue weighted by Gasteiger charge is -2.49. The van der Waals surface area contributed by atoms with Gasteiger partial charge in [0.2, 0.25) is 0 Å². The highest BCUT2D eigenvalue weighted by atomic mass is 28.3. The van der Waals surface area contributed by atoms with Crippen molar-refractivity contribution < 1.29 is 9.47 Å². The fourth-order valence-corrected chi connectivity index (χ4v) is 10.5. The van der Waals surface area contributed by atoms with Gasteiger partial charge in [0.15, 0.2) is 0 Å². The Kier molecular flexibility index (Phi) is 6.19. The zero-order valence-corrected chi connectivity index (χ0v) is 24.5. The van der Waals surface area contributed by atoms with Gasteiger partial charge in [-0.2, -0.15) is 0 Å². The molecule has 4 aliphatic rings. The molecule has 3 aliphatic carbocycles. The topological polar surface area (TPSA) is 21.7 Å². The molecule has 0 N–H and O–H groups in total. The van der Waals surface area contributed by atoms with Crippen LogP contribution in [0.15, 0.2) is 48.6 Å². The minimum absolute atomic E-state index is 0.157. The fourth-order valence-electron chi connectivity index (χ4n) is 8.16. The van der Waals surface area contributed by atoms with Crippen LogP contribution in [0.1, 0.15) is 66.0 Å². The number of ether oxygens (including phenoxy) is 2. The molecule has 0 amide bonds. The highest BCUT2D eigenvalue weighted by Crippen LogP contribution is 2.60. The molecule has 0 spiro atoms. The van der Waals surface area contributed by atoms with Crippen LogP contribution in [0, 0.1) is 5.92 Å². The summed E-state index contributed by atoms with van der Waals surface area (Å²) in [5.41, 5.74) is 12.6. The van der Waals surface area contributed by atoms with Crippen LogP contribution in [-0.2, 0) is 16.6 Å². The first-order valence-corrected chi connectivity index (χ1v) is 17.9. The van der Waals surface area contributed by atoms with E-state index in [2.05, 4.69) is 74.4 Å². The normalized spacial score (nSPS) is 27.6. The van der Waals surface area contributed by atoms with E-state index in [-0.39, 0.29) is 5.41 Å². The Morgan fingerprint density at radius 2 is 1.81 bits per heavy atom. The SMILES string of the molecule is C=C1CCC[C@]2(C)c3cc(OC)c4c(c3CC[C@@H]12)C([Si](C)(C)C)C(c1ccccc1)=C4N1CCOCC1. The van der Waals surface area contributed by atoms with Gasteiger partial charge in [0.05, 0.1) is 34.1 Å². The highest BCUT2D eigenvalue weighted by Gasteiger charge is 2.50. The maximum Gasteiger partial charge on any atom is 0.128 e. The van der Waals surface area contributed by atoms with Gasteiger partial charge in [0.25, 0.3) is 0 Å². The summed E-state index contributed by atoms with van der Waals surface area (Å²) >= 11 is 0. The van der Waals surface area contributed by atoms with E-state index in [0.29, 0.717) is 11.5 Å². The van der Waals surface area contributed by atoms with Crippen LogP contribution in [-0.4, -0.2) is 46.4 Å². The summed E-state index contributed by atoms with van der Waals surface area (Å²) in [6, 6.07) is 13.7. The molecule has 37 heavy (non-hydrogen) atoms. The molecule has 1 saturated heterocycles. The summed E-state index contributed by atoms with van der Waals surface area (Å²) in [4.78, 5) is 2.61. The second kappa shape index (κ2) is 9.16. The molecule has 0 radical (unpaired) electrons. The molecule has 2 aromatic rings. The number of rotatable bonds is 4. The third-order valence-corrected chi connectivity index (χ3v) is 12.1. The quantitative estimate of drug-likeness (QED) is 0.313. The summed E-state index contributed by atoms with van der Waals surface area (Å²) in [6.07, 6.45) is 6.07. The van der Waals surface area contributed by atoms with E-state index < -0.39 is 8.07 Å². The Balaban J connectivity index is 1.67. The van der Waals surface area contributed by atoms with E-state index >= 15 is 0 Å². The van der Waals surface area contributed by atoms with Gasteiger partial charge in [-0.1, -0.05) is 69.0 Å². The van der Waals surface area contributed by atoms with Crippen molar-refractivity contribution in [3.05, 3.63) is 76.4 Å². The van der Waals surface area contributed by atoms with Crippen molar-refractivity contribution in [1.29, 1.82) is 0 Å². The van der Waals surface area contributed by atoms with Crippen LogP contribution in [0.5, 0.6) is 5.75 Å². The van der Waals surface area contributed by atoms with E-state index in [1.807, 2.05) is 7.11 Å². The number of allylic oxidation sites excluding steroid dienone is 2. The maximum atomic E-state index is 6.34. The van der Waals surface area contributed by atoms with E-state index in [4.69, 9.17) is 9.47 Å². The number of benzene rings is 2. The van der Waals surface area contributed by atoms with Gasteiger partial charge in [0.1, 0.15) is 5.75 Å². The smallest absolute Gasteiger partial charge is 0.128 e. The lowest BCUT2D eigenvalue weighted by atomic mass is 9.56. The Morgan fingerprint density at radius 3 is 2.49 bits per heavy atom. The molecule has 196 valence electrons. The largest absolute Gasteiger partial charge is 0.496 e. The maximum absolute atomic E-state index is 6.34. The molecule has 4 heteroatoms. The molecule has 1 saturated carbocycles. The number of hydrogen-bond acceptors (Lipinski definition) is 3. The average Bonchev–Trinajstić information content (AvgIpc) is 3.26. The first-order valence-electron chi connectivity index (χ1n) is 14.3. The van der Waals surface area contributed by atoms with Gasteiger partial charge in [-0.25, -0.2) is 0 Å². The minimum atomic E-state index is -1.69. The monoisotopic (exact) mass is 513 g/mol. The summed E-state index contributed by atoms with van der Waals surface area (Å²) in [5.74, 6) is 1.66. The summed E-state index contributed by atoms with van der Waals surface area (Å²) in [5, 5.41) is 0. The first-order chi connectivity index (χ1) is 17.8. The van der Waals surface area contributed by atoms with Crippen molar-refractivity contribution in [1.82, 2.24) is 4.90 Å². The van der Waals surface area contributed by atoms with Crippen LogP contribution < -0.4 is 4.74 Å². The third kappa shape index (κ3) is 3.86. The molecular formula is C33H43NO2Si. The number of hydrogen-bond donors (Lipinski definition) is 0. The molecule has 6 rings (SSSR count). The van der Waals surface area contributed by atoms with Crippen molar-refractivity contribution in [3.8, 4) is 5.75 Å². The molecule has 2 fully saturated rings. The van der Waals surface area contributed by atoms with E-state index in [9.17, 15) is 0 Å². The number of fused-ring (bicyclic) bond motifs is 5. The van der Waals surface area contributed by atoms with Crippen LogP contribution in [0.3, 0.4) is 0 Å². The number of morpholine rings is 1. The van der Waals surface area contributed by atoms with Crippen molar-refractivity contribution in [2.24, 2.45) is 5.92 Å². The van der Waals surface area contributed by atoms with Gasteiger partial charge in [-0.05, 0) is 77.3 Å². The second-order valence-corrected chi connectivity index (χ2v) is 18.3. The van der Waals surface area contributed by atoms with Crippen LogP contribution >= 0.6 is 0 Å². The van der Waals surface area contributed by atoms with Crippen LogP contribution in [0.4, 0.5) is 0 Å². The van der Waals surface area contributed by atoms with Crippen LogP contribution in [0.2, 0.25) is 19.6 Å². The van der Waals surface area contributed by atoms with E-state index in [0.717, 1.165) is 38.5 Å². The van der Waals surface area contributed by atoms with Gasteiger partial charge in [-0.3, -0.25) is 0 Å². The fraction of sp³-hybridized carbons (Fsp3) is 0.515. The Morgan fingerprint density at radius 1 is 1.08 bits per heavy atom. The van der Waals surface area contributed by atoms with Gasteiger partial charge in [0, 0.05) is 24.2 Å². The molecular weight excluding hydrogens is 470 g/mol. The molecule has 0 aromatic heterocycles. The molecule has 0 bridgehead atoms.